The highest BCUT2D eigenvalue weighted by Gasteiger charge is 2.43. The molecule has 5 atom stereocenters. The van der Waals surface area contributed by atoms with Crippen molar-refractivity contribution in [3.8, 4) is 5.75 Å². The van der Waals surface area contributed by atoms with Crippen LogP contribution in [0.3, 0.4) is 0 Å². The third kappa shape index (κ3) is 12.7. The number of hydrogen-bond donors (Lipinski definition) is 4. The van der Waals surface area contributed by atoms with Gasteiger partial charge in [-0.15, -0.1) is 5.10 Å². The smallest absolute Gasteiger partial charge is 0.313 e. The molecular weight excluding hydrogens is 677 g/mol. The zero-order valence-electron chi connectivity index (χ0n) is 26.4. The van der Waals surface area contributed by atoms with Gasteiger partial charge in [0.25, 0.3) is 0 Å². The summed E-state index contributed by atoms with van der Waals surface area (Å²) in [6.07, 6.45) is -3.90. The summed E-state index contributed by atoms with van der Waals surface area (Å²) < 4.78 is 105. The predicted molar refractivity (Wildman–Crippen MR) is 152 cm³/mol. The van der Waals surface area contributed by atoms with Gasteiger partial charge in [0.2, 0.25) is 34.8 Å². The van der Waals surface area contributed by atoms with E-state index in [1.54, 1.807) is 10.9 Å². The molecule has 20 heteroatoms. The van der Waals surface area contributed by atoms with E-state index in [2.05, 4.69) is 15.0 Å². The van der Waals surface area contributed by atoms with Crippen LogP contribution in [0.1, 0.15) is 25.0 Å². The number of halogens is 5. The molecule has 2 aromatic rings. The second-order valence-corrected chi connectivity index (χ2v) is 10.5. The number of esters is 1. The van der Waals surface area contributed by atoms with E-state index in [-0.39, 0.29) is 46.2 Å². The van der Waals surface area contributed by atoms with Crippen molar-refractivity contribution in [1.29, 1.82) is 0 Å². The van der Waals surface area contributed by atoms with Gasteiger partial charge in [-0.2, -0.15) is 8.78 Å². The Labute approximate surface area is 277 Å². The van der Waals surface area contributed by atoms with Crippen LogP contribution in [-0.2, 0) is 46.2 Å². The van der Waals surface area contributed by atoms with E-state index in [1.165, 1.54) is 0 Å². The van der Waals surface area contributed by atoms with Crippen LogP contribution >= 0.6 is 0 Å². The fourth-order valence-corrected chi connectivity index (χ4v) is 4.34. The maximum absolute atomic E-state index is 13.6. The van der Waals surface area contributed by atoms with Crippen LogP contribution in [0.5, 0.6) is 5.75 Å². The molecule has 15 nitrogen and oxygen atoms in total. The van der Waals surface area contributed by atoms with E-state index in [4.69, 9.17) is 33.5 Å². The van der Waals surface area contributed by atoms with Crippen LogP contribution in [0.2, 0.25) is 0 Å². The van der Waals surface area contributed by atoms with Crippen LogP contribution in [-0.4, -0.2) is 138 Å². The van der Waals surface area contributed by atoms with Crippen molar-refractivity contribution < 1.29 is 80.3 Å². The second kappa shape index (κ2) is 21.3. The number of benzene rings is 1. The lowest BCUT2D eigenvalue weighted by atomic mass is 9.96. The van der Waals surface area contributed by atoms with Crippen LogP contribution in [0, 0.1) is 29.1 Å². The lowest BCUT2D eigenvalue weighted by molar-refractivity contribution is -0.297. The Hall–Kier alpha value is -2.92. The number of rotatable bonds is 23. The minimum Gasteiger partial charge on any atom is -0.420 e. The first-order valence-corrected chi connectivity index (χ1v) is 15.4. The second-order valence-electron chi connectivity index (χ2n) is 10.5. The van der Waals surface area contributed by atoms with Gasteiger partial charge in [-0.05, 0) is 12.8 Å². The Morgan fingerprint density at radius 1 is 0.776 bits per heavy atom. The van der Waals surface area contributed by atoms with Gasteiger partial charge in [0, 0.05) is 19.2 Å². The maximum Gasteiger partial charge on any atom is 0.313 e. The molecule has 1 aromatic heterocycles. The summed E-state index contributed by atoms with van der Waals surface area (Å²) in [6.45, 7) is 1.80. The monoisotopic (exact) mass is 717 g/mol. The third-order valence-corrected chi connectivity index (χ3v) is 6.96. The van der Waals surface area contributed by atoms with Gasteiger partial charge in [0.15, 0.2) is 6.29 Å². The summed E-state index contributed by atoms with van der Waals surface area (Å²) in [6, 6.07) is 0. The SMILES string of the molecule is O=C(CCOCCOCCOCCOCCn1cc(CCO[C@H]2O[C@H](CCCO)[C@@H](O)[C@H](O)[C@@H]2O)nn1)Oc1c(F)c(F)c(F)c(F)c1F. The van der Waals surface area contributed by atoms with Gasteiger partial charge >= 0.3 is 5.97 Å². The lowest BCUT2D eigenvalue weighted by Crippen LogP contribution is -2.58. The van der Waals surface area contributed by atoms with E-state index in [9.17, 15) is 42.1 Å². The Balaban J connectivity index is 1.14. The van der Waals surface area contributed by atoms with Gasteiger partial charge < -0.3 is 53.6 Å². The summed E-state index contributed by atoms with van der Waals surface area (Å²) in [4.78, 5) is 11.7. The molecule has 1 aromatic carbocycles. The highest BCUT2D eigenvalue weighted by Crippen LogP contribution is 2.29. The average Bonchev–Trinajstić information content (AvgIpc) is 3.55. The van der Waals surface area contributed by atoms with Crippen molar-refractivity contribution in [2.45, 2.75) is 62.9 Å². The van der Waals surface area contributed by atoms with Crippen LogP contribution in [0.15, 0.2) is 6.20 Å². The summed E-state index contributed by atoms with van der Waals surface area (Å²) in [5.74, 6) is -14.2. The number of aliphatic hydroxyl groups is 4. The van der Waals surface area contributed by atoms with Crippen molar-refractivity contribution in [2.75, 3.05) is 66.1 Å². The minimum atomic E-state index is -2.36. The highest BCUT2D eigenvalue weighted by atomic mass is 19.2. The van der Waals surface area contributed by atoms with Crippen molar-refractivity contribution in [2.24, 2.45) is 0 Å². The van der Waals surface area contributed by atoms with Crippen LogP contribution in [0.25, 0.3) is 0 Å². The molecule has 1 fully saturated rings. The highest BCUT2D eigenvalue weighted by molar-refractivity contribution is 5.72. The molecule has 0 radical (unpaired) electrons. The van der Waals surface area contributed by atoms with Gasteiger partial charge in [-0.25, -0.2) is 17.9 Å². The predicted octanol–water partition coefficient (Wildman–Crippen LogP) is 0.175. The van der Waals surface area contributed by atoms with Gasteiger partial charge in [-0.1, -0.05) is 5.21 Å². The fourth-order valence-electron chi connectivity index (χ4n) is 4.34. The van der Waals surface area contributed by atoms with Crippen molar-refractivity contribution >= 4 is 5.97 Å². The Morgan fingerprint density at radius 2 is 1.35 bits per heavy atom. The molecule has 1 saturated heterocycles. The number of carbonyl (C=O) groups excluding carboxylic acids is 1. The van der Waals surface area contributed by atoms with E-state index in [0.717, 1.165) is 0 Å². The molecule has 1 aliphatic rings. The molecule has 49 heavy (non-hydrogen) atoms. The summed E-state index contributed by atoms with van der Waals surface area (Å²) >= 11 is 0. The molecule has 1 aliphatic heterocycles. The first-order valence-electron chi connectivity index (χ1n) is 15.4. The molecule has 0 amide bonds. The molecule has 278 valence electrons. The van der Waals surface area contributed by atoms with Gasteiger partial charge in [0.05, 0.1) is 84.2 Å². The fraction of sp³-hybridized carbons (Fsp3) is 0.690. The number of aromatic nitrogens is 3. The summed E-state index contributed by atoms with van der Waals surface area (Å²) in [5, 5.41) is 47.3. The Morgan fingerprint density at radius 3 is 1.96 bits per heavy atom. The molecule has 4 N–H and O–H groups in total. The quantitative estimate of drug-likeness (QED) is 0.0304. The maximum atomic E-state index is 13.6. The largest absolute Gasteiger partial charge is 0.420 e. The van der Waals surface area contributed by atoms with E-state index in [1.807, 2.05) is 0 Å². The molecule has 0 unspecified atom stereocenters. The number of aliphatic hydroxyl groups excluding tert-OH is 4. The number of carbonyl (C=O) groups is 1. The third-order valence-electron chi connectivity index (χ3n) is 6.96. The van der Waals surface area contributed by atoms with Crippen molar-refractivity contribution in [3.63, 3.8) is 0 Å². The number of ether oxygens (including phenoxy) is 7. The zero-order valence-corrected chi connectivity index (χ0v) is 26.4. The topological polar surface area (TPSA) is 193 Å². The molecule has 2 heterocycles. The van der Waals surface area contributed by atoms with E-state index in [0.29, 0.717) is 51.3 Å². The number of hydrogen-bond acceptors (Lipinski definition) is 14. The normalized spacial score (nSPS) is 21.0. The molecule has 0 spiro atoms. The van der Waals surface area contributed by atoms with Crippen LogP contribution in [0.4, 0.5) is 22.0 Å². The lowest BCUT2D eigenvalue weighted by Gasteiger charge is -2.40. The number of nitrogens with zero attached hydrogens (tertiary/aromatic N) is 3. The zero-order chi connectivity index (χ0) is 35.8. The van der Waals surface area contributed by atoms with E-state index < -0.39 is 77.9 Å². The van der Waals surface area contributed by atoms with Crippen LogP contribution < -0.4 is 4.74 Å². The van der Waals surface area contributed by atoms with Crippen molar-refractivity contribution in [3.05, 3.63) is 41.0 Å². The molecule has 0 aliphatic carbocycles. The minimum absolute atomic E-state index is 0.0513. The molecular formula is C29H40F5N3O12. The van der Waals surface area contributed by atoms with E-state index >= 15 is 0 Å². The standard InChI is InChI=1S/C29H40F5N3O12/c30-20-21(31)23(33)28(24(34)22(20)32)49-19(39)4-7-43-10-12-45-14-15-46-13-11-44-9-5-37-16-17(35-36-37)3-8-47-29-27(42)26(41)25(40)18(48-29)2-1-6-38/h16,18,25-27,29,38,40-42H,1-15H2/t18-,25-,26+,27+,29+/m1/s1. The molecule has 3 rings (SSSR count). The molecule has 0 bridgehead atoms. The Bertz CT molecular complexity index is 1270. The first kappa shape index (κ1) is 40.5. The summed E-state index contributed by atoms with van der Waals surface area (Å²) in [5.41, 5.74) is 0.616. The van der Waals surface area contributed by atoms with Crippen molar-refractivity contribution in [1.82, 2.24) is 15.0 Å². The van der Waals surface area contributed by atoms with Gasteiger partial charge in [-0.3, -0.25) is 4.79 Å². The summed E-state index contributed by atoms with van der Waals surface area (Å²) in [7, 11) is 0. The average molecular weight is 718 g/mol. The Kier molecular flexibility index (Phi) is 17.6. The van der Waals surface area contributed by atoms with Gasteiger partial charge in [0.1, 0.15) is 18.3 Å². The first-order chi connectivity index (χ1) is 23.5. The molecule has 0 saturated carbocycles.